The molecule has 138 valence electrons. The summed E-state index contributed by atoms with van der Waals surface area (Å²) in [6, 6.07) is 16.6. The summed E-state index contributed by atoms with van der Waals surface area (Å²) in [7, 11) is 0. The number of nitrogens with one attached hydrogen (secondary N) is 2. The number of hydrogen-bond donors (Lipinski definition) is 2. The quantitative estimate of drug-likeness (QED) is 0.724. The Morgan fingerprint density at radius 1 is 1.08 bits per heavy atom. The van der Waals surface area contributed by atoms with E-state index in [1.165, 1.54) is 0 Å². The number of anilines is 1. The third-order valence-electron chi connectivity index (χ3n) is 3.56. The average Bonchev–Trinajstić information content (AvgIpc) is 2.66. The summed E-state index contributed by atoms with van der Waals surface area (Å²) in [6.07, 6.45) is -0.602. The van der Waals surface area contributed by atoms with Crippen LogP contribution in [-0.2, 0) is 20.9 Å². The molecule has 0 radical (unpaired) electrons. The Labute approximate surface area is 153 Å². The minimum atomic E-state index is -0.602. The zero-order chi connectivity index (χ0) is 18.8. The molecular weight excluding hydrogens is 332 g/mol. The van der Waals surface area contributed by atoms with E-state index < -0.39 is 6.10 Å². The van der Waals surface area contributed by atoms with Gasteiger partial charge in [0.05, 0.1) is 6.61 Å². The smallest absolute Gasteiger partial charge is 0.257 e. The second-order valence-electron chi connectivity index (χ2n) is 5.70. The van der Waals surface area contributed by atoms with E-state index in [2.05, 4.69) is 10.6 Å². The van der Waals surface area contributed by atoms with Crippen molar-refractivity contribution in [2.24, 2.45) is 0 Å². The molecule has 6 nitrogen and oxygen atoms in total. The monoisotopic (exact) mass is 356 g/mol. The lowest BCUT2D eigenvalue weighted by Gasteiger charge is -2.14. The van der Waals surface area contributed by atoms with Gasteiger partial charge < -0.3 is 20.1 Å². The minimum Gasteiger partial charge on any atom is -0.484 e. The van der Waals surface area contributed by atoms with Crippen molar-refractivity contribution in [2.45, 2.75) is 26.6 Å². The van der Waals surface area contributed by atoms with Gasteiger partial charge in [-0.3, -0.25) is 9.59 Å². The molecule has 2 aromatic carbocycles. The molecule has 26 heavy (non-hydrogen) atoms. The summed E-state index contributed by atoms with van der Waals surface area (Å²) in [6.45, 7) is 4.40. The summed E-state index contributed by atoms with van der Waals surface area (Å²) in [5, 5.41) is 5.44. The first-order valence-corrected chi connectivity index (χ1v) is 8.54. The highest BCUT2D eigenvalue weighted by Crippen LogP contribution is 2.18. The highest BCUT2D eigenvalue weighted by molar-refractivity contribution is 5.94. The van der Waals surface area contributed by atoms with E-state index in [1.807, 2.05) is 37.3 Å². The Balaban J connectivity index is 1.83. The topological polar surface area (TPSA) is 76.7 Å². The number of carbonyl (C=O) groups is 2. The first-order valence-electron chi connectivity index (χ1n) is 8.54. The van der Waals surface area contributed by atoms with E-state index >= 15 is 0 Å². The predicted octanol–water partition coefficient (Wildman–Crippen LogP) is 2.75. The van der Waals surface area contributed by atoms with Crippen LogP contribution in [0.5, 0.6) is 5.75 Å². The lowest BCUT2D eigenvalue weighted by molar-refractivity contribution is -0.127. The van der Waals surface area contributed by atoms with E-state index in [9.17, 15) is 9.59 Å². The summed E-state index contributed by atoms with van der Waals surface area (Å²) in [5.41, 5.74) is 1.59. The maximum absolute atomic E-state index is 12.3. The largest absolute Gasteiger partial charge is 0.484 e. The maximum atomic E-state index is 12.3. The van der Waals surface area contributed by atoms with Crippen LogP contribution >= 0.6 is 0 Å². The van der Waals surface area contributed by atoms with Gasteiger partial charge in [0.1, 0.15) is 11.9 Å². The van der Waals surface area contributed by atoms with Crippen LogP contribution in [0.4, 0.5) is 5.69 Å². The third kappa shape index (κ3) is 6.57. The van der Waals surface area contributed by atoms with Gasteiger partial charge in [0.15, 0.2) is 6.61 Å². The zero-order valence-electron chi connectivity index (χ0n) is 15.0. The molecule has 1 unspecified atom stereocenters. The van der Waals surface area contributed by atoms with Crippen molar-refractivity contribution in [2.75, 3.05) is 18.5 Å². The molecule has 0 aliphatic rings. The van der Waals surface area contributed by atoms with Crippen molar-refractivity contribution in [3.05, 3.63) is 60.2 Å². The van der Waals surface area contributed by atoms with Crippen molar-refractivity contribution in [3.8, 4) is 5.75 Å². The van der Waals surface area contributed by atoms with E-state index in [0.29, 0.717) is 24.6 Å². The first-order chi connectivity index (χ1) is 12.6. The fourth-order valence-electron chi connectivity index (χ4n) is 2.18. The van der Waals surface area contributed by atoms with Gasteiger partial charge in [0.2, 0.25) is 0 Å². The van der Waals surface area contributed by atoms with Gasteiger partial charge in [-0.2, -0.15) is 0 Å². The third-order valence-corrected chi connectivity index (χ3v) is 3.56. The average molecular weight is 356 g/mol. The number of carbonyl (C=O) groups excluding carboxylic acids is 2. The van der Waals surface area contributed by atoms with Crippen molar-refractivity contribution in [1.82, 2.24) is 5.32 Å². The second kappa shape index (κ2) is 10.2. The predicted molar refractivity (Wildman–Crippen MR) is 99.9 cm³/mol. The molecule has 6 heteroatoms. The Morgan fingerprint density at radius 3 is 2.58 bits per heavy atom. The van der Waals surface area contributed by atoms with Crippen molar-refractivity contribution < 1.29 is 19.1 Å². The number of benzene rings is 2. The summed E-state index contributed by atoms with van der Waals surface area (Å²) < 4.78 is 11.0. The van der Waals surface area contributed by atoms with E-state index in [-0.39, 0.29) is 18.4 Å². The lowest BCUT2D eigenvalue weighted by Crippen LogP contribution is -2.28. The van der Waals surface area contributed by atoms with Crippen LogP contribution in [0.25, 0.3) is 0 Å². The number of ether oxygens (including phenoxy) is 2. The van der Waals surface area contributed by atoms with Crippen LogP contribution in [0, 0.1) is 0 Å². The van der Waals surface area contributed by atoms with Crippen molar-refractivity contribution >= 4 is 17.5 Å². The van der Waals surface area contributed by atoms with Crippen LogP contribution in [0.2, 0.25) is 0 Å². The molecule has 0 aromatic heterocycles. The highest BCUT2D eigenvalue weighted by Gasteiger charge is 2.14. The number of likely N-dealkylation sites (N-methyl/N-ethyl adjacent to an activating group) is 1. The van der Waals surface area contributed by atoms with Crippen LogP contribution < -0.4 is 15.4 Å². The molecular formula is C20H24N2O4. The molecule has 0 saturated heterocycles. The van der Waals surface area contributed by atoms with Gasteiger partial charge in [-0.25, -0.2) is 0 Å². The second-order valence-corrected chi connectivity index (χ2v) is 5.70. The van der Waals surface area contributed by atoms with E-state index in [0.717, 1.165) is 5.56 Å². The Morgan fingerprint density at radius 2 is 1.85 bits per heavy atom. The molecule has 0 bridgehead atoms. The molecule has 2 rings (SSSR count). The normalized spacial score (nSPS) is 11.5. The molecule has 0 aliphatic heterocycles. The van der Waals surface area contributed by atoms with E-state index in [1.54, 1.807) is 31.2 Å². The molecule has 0 spiro atoms. The van der Waals surface area contributed by atoms with Crippen molar-refractivity contribution in [1.29, 1.82) is 0 Å². The fourth-order valence-corrected chi connectivity index (χ4v) is 2.18. The van der Waals surface area contributed by atoms with Gasteiger partial charge in [-0.05, 0) is 31.5 Å². The van der Waals surface area contributed by atoms with Gasteiger partial charge in [-0.15, -0.1) is 0 Å². The lowest BCUT2D eigenvalue weighted by atomic mass is 10.2. The Kier molecular flexibility index (Phi) is 7.64. The Bertz CT molecular complexity index is 719. The molecule has 2 amide bonds. The van der Waals surface area contributed by atoms with Crippen LogP contribution in [0.3, 0.4) is 0 Å². The molecule has 0 fully saturated rings. The van der Waals surface area contributed by atoms with Gasteiger partial charge in [0.25, 0.3) is 11.8 Å². The molecule has 2 aromatic rings. The standard InChI is InChI=1S/C20H24N2O4/c1-3-21-19(23)14-26-18-11-7-10-17(12-18)22-20(24)15(2)25-13-16-8-5-4-6-9-16/h4-12,15H,3,13-14H2,1-2H3,(H,21,23)(H,22,24). The fraction of sp³-hybridized carbons (Fsp3) is 0.300. The van der Waals surface area contributed by atoms with Crippen LogP contribution in [0.1, 0.15) is 19.4 Å². The molecule has 2 N–H and O–H groups in total. The van der Waals surface area contributed by atoms with Gasteiger partial charge in [0, 0.05) is 18.3 Å². The zero-order valence-corrected chi connectivity index (χ0v) is 15.0. The van der Waals surface area contributed by atoms with Gasteiger partial charge >= 0.3 is 0 Å². The molecule has 1 atom stereocenters. The summed E-state index contributed by atoms with van der Waals surface area (Å²) in [4.78, 5) is 23.7. The van der Waals surface area contributed by atoms with Crippen LogP contribution in [0.15, 0.2) is 54.6 Å². The summed E-state index contributed by atoms with van der Waals surface area (Å²) in [5.74, 6) is 0.0681. The minimum absolute atomic E-state index is 0.0676. The highest BCUT2D eigenvalue weighted by atomic mass is 16.5. The number of amides is 2. The molecule has 0 heterocycles. The first kappa shape index (κ1) is 19.5. The summed E-state index contributed by atoms with van der Waals surface area (Å²) >= 11 is 0. The van der Waals surface area contributed by atoms with Crippen LogP contribution in [-0.4, -0.2) is 31.1 Å². The number of hydrogen-bond acceptors (Lipinski definition) is 4. The maximum Gasteiger partial charge on any atom is 0.257 e. The SMILES string of the molecule is CCNC(=O)COc1cccc(NC(=O)C(C)OCc2ccccc2)c1. The Hall–Kier alpha value is -2.86. The van der Waals surface area contributed by atoms with Gasteiger partial charge in [-0.1, -0.05) is 36.4 Å². The van der Waals surface area contributed by atoms with Crippen molar-refractivity contribution in [3.63, 3.8) is 0 Å². The molecule has 0 saturated carbocycles. The molecule has 0 aliphatic carbocycles. The van der Waals surface area contributed by atoms with E-state index in [4.69, 9.17) is 9.47 Å². The number of rotatable bonds is 9.